The highest BCUT2D eigenvalue weighted by molar-refractivity contribution is 7.91. The molecule has 0 aromatic heterocycles. The third-order valence-corrected chi connectivity index (χ3v) is 4.29. The van der Waals surface area contributed by atoms with E-state index in [0.717, 1.165) is 0 Å². The van der Waals surface area contributed by atoms with E-state index in [2.05, 4.69) is 0 Å². The van der Waals surface area contributed by atoms with E-state index in [4.69, 9.17) is 10.8 Å². The first-order valence-electron chi connectivity index (χ1n) is 5.28. The van der Waals surface area contributed by atoms with Crippen LogP contribution < -0.4 is 5.73 Å². The Morgan fingerprint density at radius 3 is 2.53 bits per heavy atom. The average Bonchev–Trinajstić information content (AvgIpc) is 2.37. The Bertz CT molecular complexity index is 406. The molecule has 0 radical (unpaired) electrons. The Morgan fingerprint density at radius 2 is 1.94 bits per heavy atom. The third kappa shape index (κ3) is 4.31. The van der Waals surface area contributed by atoms with E-state index in [1.165, 1.54) is 4.90 Å². The van der Waals surface area contributed by atoms with Crippen molar-refractivity contribution in [1.82, 2.24) is 4.90 Å². The highest BCUT2D eigenvalue weighted by atomic mass is 32.2. The first-order chi connectivity index (χ1) is 7.82. The van der Waals surface area contributed by atoms with Gasteiger partial charge >= 0.3 is 5.97 Å². The van der Waals surface area contributed by atoms with Crippen LogP contribution in [0.1, 0.15) is 12.8 Å². The SMILES string of the molecule is NC(CC(=O)O)C(=O)N1CCCS(=O)(=O)CC1. The predicted molar refractivity (Wildman–Crippen MR) is 60.1 cm³/mol. The van der Waals surface area contributed by atoms with E-state index >= 15 is 0 Å². The Kier molecular flexibility index (Phi) is 4.47. The van der Waals surface area contributed by atoms with Gasteiger partial charge in [-0.2, -0.15) is 0 Å². The fourth-order valence-corrected chi connectivity index (χ4v) is 2.94. The summed E-state index contributed by atoms with van der Waals surface area (Å²) >= 11 is 0. The van der Waals surface area contributed by atoms with Crippen LogP contribution in [0.5, 0.6) is 0 Å². The van der Waals surface area contributed by atoms with Crippen molar-refractivity contribution in [3.63, 3.8) is 0 Å². The smallest absolute Gasteiger partial charge is 0.305 e. The quantitative estimate of drug-likeness (QED) is 0.636. The number of carboxylic acids is 1. The molecule has 8 heteroatoms. The van der Waals surface area contributed by atoms with Crippen LogP contribution in [0.2, 0.25) is 0 Å². The number of nitrogens with zero attached hydrogens (tertiary/aromatic N) is 1. The van der Waals surface area contributed by atoms with Gasteiger partial charge in [0, 0.05) is 13.1 Å². The number of aliphatic carboxylic acids is 1. The molecule has 0 spiro atoms. The number of carbonyl (C=O) groups is 2. The van der Waals surface area contributed by atoms with Crippen LogP contribution in [0.15, 0.2) is 0 Å². The van der Waals surface area contributed by atoms with E-state index in [-0.39, 0.29) is 18.1 Å². The van der Waals surface area contributed by atoms with Gasteiger partial charge in [0.2, 0.25) is 5.91 Å². The van der Waals surface area contributed by atoms with Crippen molar-refractivity contribution in [1.29, 1.82) is 0 Å². The number of carboxylic acid groups (broad SMARTS) is 1. The molecular weight excluding hydrogens is 248 g/mol. The largest absolute Gasteiger partial charge is 0.481 e. The maximum Gasteiger partial charge on any atom is 0.305 e. The van der Waals surface area contributed by atoms with Crippen LogP contribution in [0.25, 0.3) is 0 Å². The molecule has 1 unspecified atom stereocenters. The Hall–Kier alpha value is -1.15. The van der Waals surface area contributed by atoms with Crippen LogP contribution in [-0.4, -0.2) is 60.9 Å². The van der Waals surface area contributed by atoms with Gasteiger partial charge in [-0.05, 0) is 6.42 Å². The lowest BCUT2D eigenvalue weighted by molar-refractivity contribution is -0.141. The van der Waals surface area contributed by atoms with Crippen molar-refractivity contribution >= 4 is 21.7 Å². The van der Waals surface area contributed by atoms with E-state index < -0.39 is 34.2 Å². The number of sulfone groups is 1. The average molecular weight is 264 g/mol. The summed E-state index contributed by atoms with van der Waals surface area (Å²) in [5, 5.41) is 8.52. The lowest BCUT2D eigenvalue weighted by Gasteiger charge is -2.22. The van der Waals surface area contributed by atoms with Crippen molar-refractivity contribution in [2.75, 3.05) is 24.6 Å². The maximum absolute atomic E-state index is 11.7. The zero-order valence-corrected chi connectivity index (χ0v) is 10.1. The van der Waals surface area contributed by atoms with E-state index in [0.29, 0.717) is 13.0 Å². The molecule has 1 rings (SSSR count). The summed E-state index contributed by atoms with van der Waals surface area (Å²) in [4.78, 5) is 23.5. The first kappa shape index (κ1) is 13.9. The van der Waals surface area contributed by atoms with Crippen LogP contribution in [0.3, 0.4) is 0 Å². The van der Waals surface area contributed by atoms with Gasteiger partial charge < -0.3 is 15.7 Å². The van der Waals surface area contributed by atoms with Crippen molar-refractivity contribution in [2.45, 2.75) is 18.9 Å². The zero-order chi connectivity index (χ0) is 13.1. The van der Waals surface area contributed by atoms with Crippen molar-refractivity contribution in [3.05, 3.63) is 0 Å². The Labute approximate surface area is 99.5 Å². The molecule has 1 amide bonds. The first-order valence-corrected chi connectivity index (χ1v) is 7.10. The monoisotopic (exact) mass is 264 g/mol. The normalized spacial score (nSPS) is 21.6. The predicted octanol–water partition coefficient (Wildman–Crippen LogP) is -1.56. The molecule has 0 aliphatic carbocycles. The molecule has 0 saturated carbocycles. The number of hydrogen-bond donors (Lipinski definition) is 2. The lowest BCUT2D eigenvalue weighted by Crippen LogP contribution is -2.45. The van der Waals surface area contributed by atoms with Gasteiger partial charge in [0.1, 0.15) is 0 Å². The number of hydrogen-bond acceptors (Lipinski definition) is 5. The van der Waals surface area contributed by atoms with Gasteiger partial charge in [-0.1, -0.05) is 0 Å². The van der Waals surface area contributed by atoms with E-state index in [1.807, 2.05) is 0 Å². The second-order valence-electron chi connectivity index (χ2n) is 4.04. The Morgan fingerprint density at radius 1 is 1.29 bits per heavy atom. The summed E-state index contributed by atoms with van der Waals surface area (Å²) in [5.41, 5.74) is 5.45. The van der Waals surface area contributed by atoms with Crippen LogP contribution >= 0.6 is 0 Å². The summed E-state index contributed by atoms with van der Waals surface area (Å²) in [5.74, 6) is -1.67. The van der Waals surface area contributed by atoms with Gasteiger partial charge in [0.15, 0.2) is 9.84 Å². The van der Waals surface area contributed by atoms with Gasteiger partial charge in [-0.3, -0.25) is 9.59 Å². The molecule has 0 aromatic carbocycles. The second-order valence-corrected chi connectivity index (χ2v) is 6.34. The van der Waals surface area contributed by atoms with Crippen molar-refractivity contribution in [3.8, 4) is 0 Å². The summed E-state index contributed by atoms with van der Waals surface area (Å²) in [6, 6.07) is -1.10. The molecule has 1 saturated heterocycles. The van der Waals surface area contributed by atoms with E-state index in [1.54, 1.807) is 0 Å². The molecule has 7 nitrogen and oxygen atoms in total. The van der Waals surface area contributed by atoms with Crippen molar-refractivity contribution < 1.29 is 23.1 Å². The highest BCUT2D eigenvalue weighted by Gasteiger charge is 2.26. The summed E-state index contributed by atoms with van der Waals surface area (Å²) < 4.78 is 22.6. The van der Waals surface area contributed by atoms with Crippen LogP contribution in [0, 0.1) is 0 Å². The molecule has 17 heavy (non-hydrogen) atoms. The molecule has 1 aliphatic heterocycles. The highest BCUT2D eigenvalue weighted by Crippen LogP contribution is 2.07. The number of nitrogens with two attached hydrogens (primary N) is 1. The molecule has 0 aromatic rings. The molecule has 98 valence electrons. The number of carbonyl (C=O) groups excluding carboxylic acids is 1. The van der Waals surface area contributed by atoms with Crippen molar-refractivity contribution in [2.24, 2.45) is 5.73 Å². The summed E-state index contributed by atoms with van der Waals surface area (Å²) in [6.07, 6.45) is -0.0735. The van der Waals surface area contributed by atoms with Gasteiger partial charge in [0.25, 0.3) is 0 Å². The molecular formula is C9H16N2O5S. The molecule has 1 heterocycles. The fourth-order valence-electron chi connectivity index (χ4n) is 1.67. The Balaban J connectivity index is 2.61. The van der Waals surface area contributed by atoms with Gasteiger partial charge in [0.05, 0.1) is 24.0 Å². The molecule has 1 atom stereocenters. The fraction of sp³-hybridized carbons (Fsp3) is 0.778. The van der Waals surface area contributed by atoms with Crippen LogP contribution in [0.4, 0.5) is 0 Å². The standard InChI is InChI=1S/C9H16N2O5S/c10-7(6-8(12)13)9(14)11-2-1-4-17(15,16)5-3-11/h7H,1-6,10H2,(H,12,13). The zero-order valence-electron chi connectivity index (χ0n) is 9.33. The minimum atomic E-state index is -3.09. The van der Waals surface area contributed by atoms with E-state index in [9.17, 15) is 18.0 Å². The minimum Gasteiger partial charge on any atom is -0.481 e. The van der Waals surface area contributed by atoms with Gasteiger partial charge in [-0.15, -0.1) is 0 Å². The summed E-state index contributed by atoms with van der Waals surface area (Å²) in [7, 11) is -3.09. The van der Waals surface area contributed by atoms with Gasteiger partial charge in [-0.25, -0.2) is 8.42 Å². The second kappa shape index (κ2) is 5.46. The maximum atomic E-state index is 11.7. The molecule has 3 N–H and O–H groups in total. The number of rotatable bonds is 3. The van der Waals surface area contributed by atoms with Crippen LogP contribution in [-0.2, 0) is 19.4 Å². The number of amides is 1. The summed E-state index contributed by atoms with van der Waals surface area (Å²) in [6.45, 7) is 0.403. The third-order valence-electron chi connectivity index (χ3n) is 2.58. The minimum absolute atomic E-state index is 0.0605. The molecule has 1 fully saturated rings. The lowest BCUT2D eigenvalue weighted by atomic mass is 10.2. The topological polar surface area (TPSA) is 118 Å². The molecule has 1 aliphatic rings. The molecule has 0 bridgehead atoms.